The first kappa shape index (κ1) is 18.7. The molecule has 0 saturated carbocycles. The number of sulfonamides is 1. The molecule has 0 aliphatic carbocycles. The van der Waals surface area contributed by atoms with E-state index in [-0.39, 0.29) is 80.8 Å². The van der Waals surface area contributed by atoms with Crippen molar-refractivity contribution in [2.45, 2.75) is 54.0 Å². The van der Waals surface area contributed by atoms with Crippen molar-refractivity contribution in [2.75, 3.05) is 5.75 Å². The first-order chi connectivity index (χ1) is 6.93. The van der Waals surface area contributed by atoms with Crippen molar-refractivity contribution in [3.63, 3.8) is 0 Å². The van der Waals surface area contributed by atoms with Crippen LogP contribution in [-0.4, -0.2) is 20.2 Å². The summed E-state index contributed by atoms with van der Waals surface area (Å²) in [6, 6.07) is -0.0914. The molecule has 1 aliphatic heterocycles. The fourth-order valence-electron chi connectivity index (χ4n) is 2.40. The molecule has 2 unspecified atom stereocenters. The second-order valence-corrected chi connectivity index (χ2v) is 8.75. The molecular weight excluding hydrogens is 308 g/mol. The Hall–Kier alpha value is 1.72. The van der Waals surface area contributed by atoms with E-state index >= 15 is 0 Å². The summed E-state index contributed by atoms with van der Waals surface area (Å²) in [5, 5.41) is 0. The van der Waals surface area contributed by atoms with Crippen LogP contribution in [0.4, 0.5) is 0 Å². The molecule has 0 bridgehead atoms. The molecule has 1 aliphatic rings. The van der Waals surface area contributed by atoms with E-state index in [0.717, 1.165) is 6.42 Å². The standard InChI is InChI=1S/C12H24NO2S.Rb/c1-11(2,3)9-7-8-16(14,15)13-10(9)12(4,5)6;/h9-10H,7-8H2,1-6H3;/q-1;+1. The second-order valence-electron chi connectivity index (χ2n) is 6.96. The molecule has 0 spiro atoms. The molecule has 0 N–H and O–H groups in total. The van der Waals surface area contributed by atoms with Gasteiger partial charge in [-0.05, 0) is 11.8 Å². The van der Waals surface area contributed by atoms with Gasteiger partial charge in [-0.3, -0.25) is 0 Å². The number of rotatable bonds is 0. The van der Waals surface area contributed by atoms with E-state index in [1.54, 1.807) is 0 Å². The van der Waals surface area contributed by atoms with Crippen LogP contribution in [0, 0.1) is 16.7 Å². The second kappa shape index (κ2) is 6.00. The molecule has 0 aromatic heterocycles. The predicted octanol–water partition coefficient (Wildman–Crippen LogP) is 0.175. The zero-order valence-corrected chi connectivity index (χ0v) is 18.0. The summed E-state index contributed by atoms with van der Waals surface area (Å²) in [5.41, 5.74) is 0.0167. The van der Waals surface area contributed by atoms with E-state index in [1.165, 1.54) is 0 Å². The Morgan fingerprint density at radius 2 is 1.47 bits per heavy atom. The summed E-state index contributed by atoms with van der Waals surface area (Å²) < 4.78 is 27.3. The molecular formula is C12H24NO2RbS. The maximum Gasteiger partial charge on any atom is 1.00 e. The zero-order valence-electron chi connectivity index (χ0n) is 12.2. The van der Waals surface area contributed by atoms with Crippen LogP contribution in [0.5, 0.6) is 0 Å². The van der Waals surface area contributed by atoms with Crippen LogP contribution >= 0.6 is 0 Å². The van der Waals surface area contributed by atoms with Crippen molar-refractivity contribution in [1.82, 2.24) is 0 Å². The van der Waals surface area contributed by atoms with Crippen molar-refractivity contribution >= 4 is 10.0 Å². The molecule has 1 fully saturated rings. The van der Waals surface area contributed by atoms with E-state index in [0.29, 0.717) is 5.92 Å². The van der Waals surface area contributed by atoms with Crippen LogP contribution in [0.1, 0.15) is 48.0 Å². The average Bonchev–Trinajstić information content (AvgIpc) is 1.97. The van der Waals surface area contributed by atoms with Crippen LogP contribution in [0.25, 0.3) is 4.72 Å². The van der Waals surface area contributed by atoms with Gasteiger partial charge in [0.25, 0.3) is 0 Å². The Morgan fingerprint density at radius 1 is 1.00 bits per heavy atom. The van der Waals surface area contributed by atoms with Crippen LogP contribution in [0.3, 0.4) is 0 Å². The third kappa shape index (κ3) is 5.31. The summed E-state index contributed by atoms with van der Waals surface area (Å²) in [6.45, 7) is 12.7. The van der Waals surface area contributed by atoms with Gasteiger partial charge in [-0.25, -0.2) is 8.42 Å². The van der Waals surface area contributed by atoms with Gasteiger partial charge in [-0.1, -0.05) is 52.9 Å². The Labute approximate surface area is 155 Å². The minimum absolute atomic E-state index is 0. The molecule has 0 aromatic rings. The maximum absolute atomic E-state index is 11.6. The minimum atomic E-state index is -3.18. The summed E-state index contributed by atoms with van der Waals surface area (Å²) >= 11 is 0. The van der Waals surface area contributed by atoms with Gasteiger partial charge in [0, 0.05) is 5.75 Å². The van der Waals surface area contributed by atoms with Crippen LogP contribution in [0.15, 0.2) is 0 Å². The topological polar surface area (TPSA) is 48.2 Å². The third-order valence-electron chi connectivity index (χ3n) is 3.34. The maximum atomic E-state index is 11.6. The quantitative estimate of drug-likeness (QED) is 0.635. The molecule has 3 nitrogen and oxygen atoms in total. The van der Waals surface area contributed by atoms with Crippen LogP contribution < -0.4 is 58.2 Å². The fourth-order valence-corrected chi connectivity index (χ4v) is 3.87. The van der Waals surface area contributed by atoms with Gasteiger partial charge in [0.15, 0.2) is 0 Å². The molecule has 17 heavy (non-hydrogen) atoms. The van der Waals surface area contributed by atoms with Crippen molar-refractivity contribution < 1.29 is 66.6 Å². The van der Waals surface area contributed by atoms with Gasteiger partial charge < -0.3 is 4.72 Å². The Morgan fingerprint density at radius 3 is 1.82 bits per heavy atom. The van der Waals surface area contributed by atoms with Crippen molar-refractivity contribution in [3.05, 3.63) is 4.72 Å². The predicted molar refractivity (Wildman–Crippen MR) is 68.0 cm³/mol. The molecule has 2 atom stereocenters. The Kier molecular flexibility index (Phi) is 6.61. The van der Waals surface area contributed by atoms with Gasteiger partial charge in [0.05, 0.1) is 10.0 Å². The molecule has 1 rings (SSSR count). The molecule has 1 heterocycles. The van der Waals surface area contributed by atoms with E-state index in [2.05, 4.69) is 46.3 Å². The largest absolute Gasteiger partial charge is 1.00 e. The number of nitrogens with zero attached hydrogens (tertiary/aromatic N) is 1. The van der Waals surface area contributed by atoms with E-state index in [4.69, 9.17) is 0 Å². The average molecular weight is 332 g/mol. The van der Waals surface area contributed by atoms with E-state index in [1.807, 2.05) is 0 Å². The molecule has 0 radical (unpaired) electrons. The zero-order chi connectivity index (χ0) is 12.8. The van der Waals surface area contributed by atoms with Crippen LogP contribution in [-0.2, 0) is 10.0 Å². The molecule has 1 saturated heterocycles. The first-order valence-corrected chi connectivity index (χ1v) is 7.49. The van der Waals surface area contributed by atoms with Crippen molar-refractivity contribution in [2.24, 2.45) is 16.7 Å². The van der Waals surface area contributed by atoms with Crippen molar-refractivity contribution in [1.29, 1.82) is 0 Å². The van der Waals surface area contributed by atoms with Gasteiger partial charge in [0.2, 0.25) is 0 Å². The first-order valence-electron chi connectivity index (χ1n) is 5.88. The normalized spacial score (nSPS) is 29.5. The Balaban J connectivity index is 0.00000256. The third-order valence-corrected chi connectivity index (χ3v) is 4.64. The van der Waals surface area contributed by atoms with Gasteiger partial charge in [-0.2, -0.15) is 0 Å². The summed E-state index contributed by atoms with van der Waals surface area (Å²) in [7, 11) is -3.18. The smallest absolute Gasteiger partial charge is 0.546 e. The molecule has 0 aromatic carbocycles. The molecule has 5 heteroatoms. The fraction of sp³-hybridized carbons (Fsp3) is 1.00. The minimum Gasteiger partial charge on any atom is -0.546 e. The van der Waals surface area contributed by atoms with Gasteiger partial charge >= 0.3 is 58.2 Å². The molecule has 96 valence electrons. The summed E-state index contributed by atoms with van der Waals surface area (Å²) in [5.74, 6) is 0.553. The van der Waals surface area contributed by atoms with Gasteiger partial charge in [0.1, 0.15) is 0 Å². The van der Waals surface area contributed by atoms with E-state index < -0.39 is 10.0 Å². The SMILES string of the molecule is CC(C)(C)C1CCS(=O)(=O)[N-]C1C(C)(C)C.[Rb+]. The van der Waals surface area contributed by atoms with Gasteiger partial charge in [-0.15, -0.1) is 6.04 Å². The van der Waals surface area contributed by atoms with E-state index in [9.17, 15) is 8.42 Å². The summed E-state index contributed by atoms with van der Waals surface area (Å²) in [4.78, 5) is 0. The number of hydrogen-bond acceptors (Lipinski definition) is 2. The monoisotopic (exact) mass is 331 g/mol. The molecule has 0 amide bonds. The Bertz CT molecular complexity index is 352. The summed E-state index contributed by atoms with van der Waals surface area (Å²) in [6.07, 6.45) is 0.733. The van der Waals surface area contributed by atoms with Crippen molar-refractivity contribution in [3.8, 4) is 0 Å². The van der Waals surface area contributed by atoms with Crippen LogP contribution in [0.2, 0.25) is 0 Å². The number of hydrogen-bond donors (Lipinski definition) is 0.